The number of nitrogen functional groups attached to an aromatic ring is 1. The lowest BCUT2D eigenvalue weighted by atomic mass is 9.91. The molecule has 0 unspecified atom stereocenters. The van der Waals surface area contributed by atoms with Gasteiger partial charge in [0.2, 0.25) is 0 Å². The molecule has 7 nitrogen and oxygen atoms in total. The van der Waals surface area contributed by atoms with Gasteiger partial charge in [-0.05, 0) is 17.5 Å². The number of carbonyl (C=O) groups is 2. The van der Waals surface area contributed by atoms with Gasteiger partial charge in [0.15, 0.2) is 0 Å². The highest BCUT2D eigenvalue weighted by Crippen LogP contribution is 2.31. The lowest BCUT2D eigenvalue weighted by Gasteiger charge is -2.14. The second-order valence-electron chi connectivity index (χ2n) is 4.61. The molecular weight excluding hydrogens is 288 g/mol. The SMILES string of the molecule is CCc1ccccc1-c1c(C(=O)O)c(N)[nH]c(=O)c1C(=O)O. The first-order valence-corrected chi connectivity index (χ1v) is 6.49. The van der Waals surface area contributed by atoms with Gasteiger partial charge in [-0.1, -0.05) is 31.2 Å². The minimum Gasteiger partial charge on any atom is -0.478 e. The van der Waals surface area contributed by atoms with E-state index in [1.54, 1.807) is 24.3 Å². The predicted molar refractivity (Wildman–Crippen MR) is 80.2 cm³/mol. The molecule has 2 aromatic rings. The number of aryl methyl sites for hydroxylation is 1. The van der Waals surface area contributed by atoms with Crippen LogP contribution in [-0.2, 0) is 6.42 Å². The first-order chi connectivity index (χ1) is 10.4. The molecule has 0 bridgehead atoms. The van der Waals surface area contributed by atoms with Crippen LogP contribution in [0.4, 0.5) is 5.82 Å². The van der Waals surface area contributed by atoms with Crippen LogP contribution in [-0.4, -0.2) is 27.1 Å². The summed E-state index contributed by atoms with van der Waals surface area (Å²) in [6, 6.07) is 6.71. The quantitative estimate of drug-likeness (QED) is 0.677. The summed E-state index contributed by atoms with van der Waals surface area (Å²) >= 11 is 0. The van der Waals surface area contributed by atoms with Crippen LogP contribution in [0.25, 0.3) is 11.1 Å². The monoisotopic (exact) mass is 302 g/mol. The van der Waals surface area contributed by atoms with Gasteiger partial charge in [-0.3, -0.25) is 4.79 Å². The minimum atomic E-state index is -1.51. The zero-order valence-corrected chi connectivity index (χ0v) is 11.7. The number of hydrogen-bond donors (Lipinski definition) is 4. The standard InChI is InChI=1S/C15H14N2O5/c1-2-7-5-3-4-6-8(7)9-10(14(19)20)12(16)17-13(18)11(9)15(21)22/h3-6H,2H2,1H3,(H,19,20)(H,21,22)(H3,16,17,18). The molecule has 5 N–H and O–H groups in total. The molecule has 0 amide bonds. The first kappa shape index (κ1) is 15.3. The topological polar surface area (TPSA) is 133 Å². The molecule has 2 rings (SSSR count). The lowest BCUT2D eigenvalue weighted by molar-refractivity contribution is 0.0695. The molecule has 0 aliphatic heterocycles. The van der Waals surface area contributed by atoms with Crippen molar-refractivity contribution >= 4 is 17.8 Å². The average Bonchev–Trinajstić information content (AvgIpc) is 2.45. The normalized spacial score (nSPS) is 10.4. The molecule has 0 fully saturated rings. The van der Waals surface area contributed by atoms with E-state index in [2.05, 4.69) is 4.98 Å². The van der Waals surface area contributed by atoms with Gasteiger partial charge in [-0.2, -0.15) is 0 Å². The third-order valence-electron chi connectivity index (χ3n) is 3.34. The number of pyridine rings is 1. The van der Waals surface area contributed by atoms with Gasteiger partial charge in [0.05, 0.1) is 0 Å². The van der Waals surface area contributed by atoms with E-state index in [4.69, 9.17) is 5.73 Å². The number of nitrogens with one attached hydrogen (secondary N) is 1. The van der Waals surface area contributed by atoms with E-state index in [0.717, 1.165) is 5.56 Å². The van der Waals surface area contributed by atoms with E-state index in [1.165, 1.54) is 0 Å². The highest BCUT2D eigenvalue weighted by atomic mass is 16.4. The number of aromatic amines is 1. The second-order valence-corrected chi connectivity index (χ2v) is 4.61. The Labute approximate surface area is 125 Å². The van der Waals surface area contributed by atoms with E-state index in [9.17, 15) is 24.6 Å². The number of rotatable bonds is 4. The van der Waals surface area contributed by atoms with E-state index < -0.39 is 28.6 Å². The summed E-state index contributed by atoms with van der Waals surface area (Å²) in [4.78, 5) is 37.0. The molecule has 0 saturated heterocycles. The maximum absolute atomic E-state index is 11.9. The Morgan fingerprint density at radius 3 is 2.27 bits per heavy atom. The summed E-state index contributed by atoms with van der Waals surface area (Å²) in [5, 5.41) is 18.7. The molecule has 22 heavy (non-hydrogen) atoms. The Hall–Kier alpha value is -3.09. The molecule has 1 aromatic heterocycles. The van der Waals surface area contributed by atoms with Crippen LogP contribution in [0.2, 0.25) is 0 Å². The molecule has 0 atom stereocenters. The molecular formula is C15H14N2O5. The zero-order valence-electron chi connectivity index (χ0n) is 11.7. The fourth-order valence-corrected chi connectivity index (χ4v) is 2.39. The molecule has 1 aromatic carbocycles. The Morgan fingerprint density at radius 1 is 1.14 bits per heavy atom. The van der Waals surface area contributed by atoms with Gasteiger partial charge in [0.1, 0.15) is 16.9 Å². The van der Waals surface area contributed by atoms with E-state index in [-0.39, 0.29) is 11.4 Å². The van der Waals surface area contributed by atoms with Crippen LogP contribution >= 0.6 is 0 Å². The van der Waals surface area contributed by atoms with Crippen molar-refractivity contribution in [3.63, 3.8) is 0 Å². The van der Waals surface area contributed by atoms with Crippen molar-refractivity contribution in [2.75, 3.05) is 5.73 Å². The van der Waals surface area contributed by atoms with Gasteiger partial charge < -0.3 is 20.9 Å². The van der Waals surface area contributed by atoms with Crippen LogP contribution in [0, 0.1) is 0 Å². The van der Waals surface area contributed by atoms with Crippen molar-refractivity contribution in [2.24, 2.45) is 0 Å². The van der Waals surface area contributed by atoms with E-state index in [1.807, 2.05) is 6.92 Å². The number of aromatic nitrogens is 1. The van der Waals surface area contributed by atoms with Crippen molar-refractivity contribution < 1.29 is 19.8 Å². The molecule has 0 radical (unpaired) electrons. The largest absolute Gasteiger partial charge is 0.478 e. The summed E-state index contributed by atoms with van der Waals surface area (Å²) in [5.74, 6) is -3.29. The minimum absolute atomic E-state index is 0.168. The fourth-order valence-electron chi connectivity index (χ4n) is 2.39. The van der Waals surface area contributed by atoms with Crippen molar-refractivity contribution in [2.45, 2.75) is 13.3 Å². The van der Waals surface area contributed by atoms with Crippen LogP contribution in [0.5, 0.6) is 0 Å². The Balaban J connectivity index is 3.03. The number of H-pyrrole nitrogens is 1. The summed E-state index contributed by atoms with van der Waals surface area (Å²) in [5.41, 5.74) is 4.53. The molecule has 7 heteroatoms. The molecule has 0 aliphatic carbocycles. The molecule has 114 valence electrons. The van der Waals surface area contributed by atoms with Crippen molar-refractivity contribution in [1.82, 2.24) is 4.98 Å². The van der Waals surface area contributed by atoms with Gasteiger partial charge in [-0.25, -0.2) is 9.59 Å². The van der Waals surface area contributed by atoms with Gasteiger partial charge in [0, 0.05) is 5.56 Å². The molecule has 0 aliphatic rings. The molecule has 1 heterocycles. The highest BCUT2D eigenvalue weighted by Gasteiger charge is 2.27. The number of carboxylic acid groups (broad SMARTS) is 2. The van der Waals surface area contributed by atoms with Crippen molar-refractivity contribution in [3.05, 3.63) is 51.3 Å². The number of hydrogen-bond acceptors (Lipinski definition) is 4. The smallest absolute Gasteiger partial charge is 0.342 e. The van der Waals surface area contributed by atoms with Crippen LogP contribution in [0.3, 0.4) is 0 Å². The van der Waals surface area contributed by atoms with Gasteiger partial charge >= 0.3 is 11.9 Å². The Bertz CT molecular complexity index is 823. The lowest BCUT2D eigenvalue weighted by Crippen LogP contribution is -2.24. The average molecular weight is 302 g/mol. The number of carboxylic acids is 2. The van der Waals surface area contributed by atoms with Crippen LogP contribution in [0.15, 0.2) is 29.1 Å². The molecule has 0 saturated carbocycles. The Kier molecular flexibility index (Phi) is 3.98. The van der Waals surface area contributed by atoms with Crippen molar-refractivity contribution in [3.8, 4) is 11.1 Å². The number of benzene rings is 1. The van der Waals surface area contributed by atoms with Gasteiger partial charge in [-0.15, -0.1) is 0 Å². The fraction of sp³-hybridized carbons (Fsp3) is 0.133. The maximum atomic E-state index is 11.9. The summed E-state index contributed by atoms with van der Waals surface area (Å²) in [6.07, 6.45) is 0.543. The highest BCUT2D eigenvalue weighted by molar-refractivity contribution is 6.07. The van der Waals surface area contributed by atoms with Crippen LogP contribution in [0.1, 0.15) is 33.2 Å². The number of aromatic carboxylic acids is 2. The second kappa shape index (κ2) is 5.72. The third kappa shape index (κ3) is 2.44. The zero-order chi connectivity index (χ0) is 16.4. The number of nitrogens with two attached hydrogens (primary N) is 1. The molecule has 0 spiro atoms. The first-order valence-electron chi connectivity index (χ1n) is 6.49. The maximum Gasteiger partial charge on any atom is 0.342 e. The summed E-state index contributed by atoms with van der Waals surface area (Å²) in [6.45, 7) is 1.84. The van der Waals surface area contributed by atoms with Crippen molar-refractivity contribution in [1.29, 1.82) is 0 Å². The third-order valence-corrected chi connectivity index (χ3v) is 3.34. The van der Waals surface area contributed by atoms with Gasteiger partial charge in [0.25, 0.3) is 5.56 Å². The predicted octanol–water partition coefficient (Wildman–Crippen LogP) is 1.58. The van der Waals surface area contributed by atoms with E-state index in [0.29, 0.717) is 12.0 Å². The van der Waals surface area contributed by atoms with Crippen LogP contribution < -0.4 is 11.3 Å². The Morgan fingerprint density at radius 2 is 1.73 bits per heavy atom. The summed E-state index contributed by atoms with van der Waals surface area (Å²) < 4.78 is 0. The number of anilines is 1. The van der Waals surface area contributed by atoms with E-state index >= 15 is 0 Å². The summed E-state index contributed by atoms with van der Waals surface area (Å²) in [7, 11) is 0.